The summed E-state index contributed by atoms with van der Waals surface area (Å²) in [5, 5.41) is 9.79. The summed E-state index contributed by atoms with van der Waals surface area (Å²) < 4.78 is 1.58. The number of aromatic nitrogens is 2. The Morgan fingerprint density at radius 2 is 2.07 bits per heavy atom. The Labute approximate surface area is 86.5 Å². The zero-order valence-corrected chi connectivity index (χ0v) is 8.50. The van der Waals surface area contributed by atoms with Crippen molar-refractivity contribution in [1.82, 2.24) is 9.55 Å². The van der Waals surface area contributed by atoms with E-state index in [9.17, 15) is 9.90 Å². The maximum Gasteiger partial charge on any atom is 0.326 e. The normalized spacial score (nSPS) is 27.9. The van der Waals surface area contributed by atoms with Crippen LogP contribution in [0.5, 0.6) is 0 Å². The molecule has 0 spiro atoms. The quantitative estimate of drug-likeness (QED) is 0.744. The molecule has 0 unspecified atom stereocenters. The lowest BCUT2D eigenvalue weighted by atomic mass is 9.93. The van der Waals surface area contributed by atoms with Crippen LogP contribution in [-0.2, 0) is 0 Å². The lowest BCUT2D eigenvalue weighted by Crippen LogP contribution is -2.27. The van der Waals surface area contributed by atoms with E-state index in [0.717, 1.165) is 25.7 Å². The first-order valence-corrected chi connectivity index (χ1v) is 5.20. The van der Waals surface area contributed by atoms with Crippen LogP contribution in [0.25, 0.3) is 0 Å². The molecule has 5 heteroatoms. The van der Waals surface area contributed by atoms with E-state index >= 15 is 0 Å². The number of hydrogen-bond donors (Lipinski definition) is 2. The minimum absolute atomic E-state index is 0.143. The van der Waals surface area contributed by atoms with Crippen molar-refractivity contribution >= 4 is 11.6 Å². The van der Waals surface area contributed by atoms with Crippen LogP contribution >= 0.6 is 11.6 Å². The molecule has 0 aliphatic heterocycles. The summed E-state index contributed by atoms with van der Waals surface area (Å²) in [6, 6.07) is 0.143. The largest absolute Gasteiger partial charge is 0.393 e. The van der Waals surface area contributed by atoms with Crippen molar-refractivity contribution < 1.29 is 5.11 Å². The number of aromatic amines is 1. The third-order valence-electron chi connectivity index (χ3n) is 2.80. The highest BCUT2D eigenvalue weighted by molar-refractivity contribution is 6.29. The lowest BCUT2D eigenvalue weighted by molar-refractivity contribution is 0.110. The fraction of sp³-hybridized carbons (Fsp3) is 0.667. The molecule has 0 aromatic carbocycles. The van der Waals surface area contributed by atoms with Gasteiger partial charge in [0.25, 0.3) is 0 Å². The molecule has 0 atom stereocenters. The number of hydrogen-bond acceptors (Lipinski definition) is 2. The molecular formula is C9H13ClN2O2. The minimum atomic E-state index is -0.209. The van der Waals surface area contributed by atoms with Crippen LogP contribution in [0.2, 0.25) is 5.15 Å². The molecule has 2 N–H and O–H groups in total. The highest BCUT2D eigenvalue weighted by Gasteiger charge is 2.23. The van der Waals surface area contributed by atoms with E-state index in [0.29, 0.717) is 5.15 Å². The van der Waals surface area contributed by atoms with Gasteiger partial charge < -0.3 is 10.1 Å². The van der Waals surface area contributed by atoms with Crippen molar-refractivity contribution in [2.24, 2.45) is 0 Å². The van der Waals surface area contributed by atoms with Gasteiger partial charge in [0.15, 0.2) is 0 Å². The third-order valence-corrected chi connectivity index (χ3v) is 3.09. The number of halogens is 1. The van der Waals surface area contributed by atoms with Gasteiger partial charge in [-0.3, -0.25) is 4.57 Å². The molecule has 1 fully saturated rings. The summed E-state index contributed by atoms with van der Waals surface area (Å²) in [4.78, 5) is 13.9. The predicted octanol–water partition coefficient (Wildman–Crippen LogP) is 1.31. The fourth-order valence-electron chi connectivity index (χ4n) is 2.01. The Bertz CT molecular complexity index is 363. The van der Waals surface area contributed by atoms with Crippen LogP contribution in [0.15, 0.2) is 11.0 Å². The summed E-state index contributed by atoms with van der Waals surface area (Å²) in [5.41, 5.74) is -0.156. The first-order valence-electron chi connectivity index (χ1n) is 4.82. The number of nitrogens with one attached hydrogen (secondary N) is 1. The number of aliphatic hydroxyl groups is 1. The molecule has 1 heterocycles. The van der Waals surface area contributed by atoms with Gasteiger partial charge in [-0.15, -0.1) is 0 Å². The van der Waals surface area contributed by atoms with E-state index < -0.39 is 0 Å². The van der Waals surface area contributed by atoms with E-state index in [2.05, 4.69) is 4.98 Å². The lowest BCUT2D eigenvalue weighted by Gasteiger charge is -2.26. The van der Waals surface area contributed by atoms with E-state index in [1.807, 2.05) is 0 Å². The van der Waals surface area contributed by atoms with E-state index in [4.69, 9.17) is 11.6 Å². The van der Waals surface area contributed by atoms with Gasteiger partial charge in [-0.25, -0.2) is 4.79 Å². The first-order chi connectivity index (χ1) is 6.68. The van der Waals surface area contributed by atoms with Gasteiger partial charge in [-0.1, -0.05) is 11.6 Å². The number of rotatable bonds is 1. The summed E-state index contributed by atoms with van der Waals surface area (Å²) >= 11 is 5.88. The third kappa shape index (κ3) is 1.72. The van der Waals surface area contributed by atoms with Gasteiger partial charge in [-0.05, 0) is 25.7 Å². The van der Waals surface area contributed by atoms with Gasteiger partial charge in [0.2, 0.25) is 0 Å². The summed E-state index contributed by atoms with van der Waals surface area (Å²) in [6.45, 7) is 0. The van der Waals surface area contributed by atoms with E-state index in [-0.39, 0.29) is 17.8 Å². The molecule has 1 aromatic heterocycles. The molecule has 4 nitrogen and oxygen atoms in total. The van der Waals surface area contributed by atoms with Gasteiger partial charge >= 0.3 is 5.69 Å². The summed E-state index contributed by atoms with van der Waals surface area (Å²) in [5.74, 6) is 0. The zero-order valence-electron chi connectivity index (χ0n) is 7.74. The molecule has 0 saturated heterocycles. The van der Waals surface area contributed by atoms with Crippen LogP contribution in [0.3, 0.4) is 0 Å². The summed E-state index contributed by atoms with van der Waals surface area (Å²) in [7, 11) is 0. The minimum Gasteiger partial charge on any atom is -0.393 e. The Hall–Kier alpha value is -0.740. The van der Waals surface area contributed by atoms with Gasteiger partial charge in [0.05, 0.1) is 6.10 Å². The average Bonchev–Trinajstić information content (AvgIpc) is 2.49. The smallest absolute Gasteiger partial charge is 0.326 e. The van der Waals surface area contributed by atoms with Crippen molar-refractivity contribution in [3.05, 3.63) is 21.8 Å². The summed E-state index contributed by atoms with van der Waals surface area (Å²) in [6.07, 6.45) is 4.43. The molecule has 2 rings (SSSR count). The number of aliphatic hydroxyl groups excluding tert-OH is 1. The van der Waals surface area contributed by atoms with Gasteiger partial charge in [-0.2, -0.15) is 0 Å². The van der Waals surface area contributed by atoms with Crippen molar-refractivity contribution in [2.45, 2.75) is 37.8 Å². The van der Waals surface area contributed by atoms with Gasteiger partial charge in [0.1, 0.15) is 5.15 Å². The standard InChI is InChI=1S/C9H13ClN2O2/c10-8-5-11-9(14)12(8)6-1-3-7(13)4-2-6/h5-7,13H,1-4H2,(H,11,14). The number of nitrogens with zero attached hydrogens (tertiary/aromatic N) is 1. The average molecular weight is 217 g/mol. The molecule has 14 heavy (non-hydrogen) atoms. The second-order valence-electron chi connectivity index (χ2n) is 3.75. The Morgan fingerprint density at radius 1 is 1.43 bits per heavy atom. The topological polar surface area (TPSA) is 58.0 Å². The SMILES string of the molecule is O=c1[nH]cc(Cl)n1C1CCC(O)CC1. The Kier molecular flexibility index (Phi) is 2.65. The van der Waals surface area contributed by atoms with Gasteiger partial charge in [0, 0.05) is 12.2 Å². The second kappa shape index (κ2) is 3.79. The van der Waals surface area contributed by atoms with E-state index in [1.54, 1.807) is 4.57 Å². The number of H-pyrrole nitrogens is 1. The molecule has 0 radical (unpaired) electrons. The maximum absolute atomic E-state index is 11.4. The first kappa shape index (κ1) is 9.80. The molecule has 1 aliphatic carbocycles. The Morgan fingerprint density at radius 3 is 2.57 bits per heavy atom. The molecule has 1 aliphatic rings. The van der Waals surface area contributed by atoms with E-state index in [1.165, 1.54) is 6.20 Å². The van der Waals surface area contributed by atoms with Crippen LogP contribution in [0.1, 0.15) is 31.7 Å². The van der Waals surface area contributed by atoms with Crippen LogP contribution in [0, 0.1) is 0 Å². The van der Waals surface area contributed by atoms with Crippen LogP contribution in [-0.4, -0.2) is 20.8 Å². The molecule has 0 amide bonds. The van der Waals surface area contributed by atoms with Crippen molar-refractivity contribution in [3.8, 4) is 0 Å². The molecular weight excluding hydrogens is 204 g/mol. The number of imidazole rings is 1. The monoisotopic (exact) mass is 216 g/mol. The maximum atomic E-state index is 11.4. The van der Waals surface area contributed by atoms with Crippen molar-refractivity contribution in [1.29, 1.82) is 0 Å². The van der Waals surface area contributed by atoms with Crippen molar-refractivity contribution in [2.75, 3.05) is 0 Å². The second-order valence-corrected chi connectivity index (χ2v) is 4.14. The highest BCUT2D eigenvalue weighted by Crippen LogP contribution is 2.29. The van der Waals surface area contributed by atoms with Crippen molar-refractivity contribution in [3.63, 3.8) is 0 Å². The molecule has 0 bridgehead atoms. The van der Waals surface area contributed by atoms with Crippen LogP contribution in [0.4, 0.5) is 0 Å². The molecule has 78 valence electrons. The highest BCUT2D eigenvalue weighted by atomic mass is 35.5. The predicted molar refractivity (Wildman–Crippen MR) is 53.6 cm³/mol. The molecule has 1 aromatic rings. The fourth-order valence-corrected chi connectivity index (χ4v) is 2.28. The van der Waals surface area contributed by atoms with Crippen LogP contribution < -0.4 is 5.69 Å². The zero-order chi connectivity index (χ0) is 10.1. The molecule has 1 saturated carbocycles. The Balaban J connectivity index is 2.20.